The van der Waals surface area contributed by atoms with Gasteiger partial charge in [-0.05, 0) is 0 Å². The Morgan fingerprint density at radius 3 is 1.80 bits per heavy atom. The number of hydrogen-bond acceptors (Lipinski definition) is 4. The van der Waals surface area contributed by atoms with Crippen molar-refractivity contribution in [2.45, 2.75) is 18.0 Å². The SMILES string of the molecule is O=S(=O)(OP)C(F)(F)C(F)OC(F)(F)F. The van der Waals surface area contributed by atoms with Crippen molar-refractivity contribution in [2.24, 2.45) is 0 Å². The quantitative estimate of drug-likeness (QED) is 0.579. The highest BCUT2D eigenvalue weighted by atomic mass is 32.2. The lowest BCUT2D eigenvalue weighted by atomic mass is 10.7. The van der Waals surface area contributed by atoms with Crippen LogP contribution < -0.4 is 0 Å². The average molecular weight is 280 g/mol. The second-order valence-electron chi connectivity index (χ2n) is 1.99. The minimum atomic E-state index is -5.84. The molecule has 0 aliphatic carbocycles. The van der Waals surface area contributed by atoms with Gasteiger partial charge in [0.15, 0.2) is 0 Å². The van der Waals surface area contributed by atoms with Crippen LogP contribution in [0.25, 0.3) is 0 Å². The monoisotopic (exact) mass is 280 g/mol. The maximum Gasteiger partial charge on any atom is 0.525 e. The molecule has 0 amide bonds. The van der Waals surface area contributed by atoms with E-state index in [0.29, 0.717) is 0 Å². The van der Waals surface area contributed by atoms with Crippen molar-refractivity contribution in [3.05, 3.63) is 0 Å². The summed E-state index contributed by atoms with van der Waals surface area (Å²) >= 11 is 0. The molecule has 12 heteroatoms. The molecular formula is C3H3F6O4PS. The predicted molar refractivity (Wildman–Crippen MR) is 36.7 cm³/mol. The Hall–Kier alpha value is -0.120. The van der Waals surface area contributed by atoms with Gasteiger partial charge in [-0.3, -0.25) is 0 Å². The molecule has 0 aromatic heterocycles. The summed E-state index contributed by atoms with van der Waals surface area (Å²) in [7, 11) is -5.00. The second-order valence-corrected chi connectivity index (χ2v) is 4.21. The first-order valence-corrected chi connectivity index (χ1v) is 4.71. The molecule has 0 rings (SSSR count). The van der Waals surface area contributed by atoms with E-state index in [1.165, 1.54) is 0 Å². The van der Waals surface area contributed by atoms with Crippen molar-refractivity contribution in [1.29, 1.82) is 0 Å². The molecule has 0 saturated carbocycles. The standard InChI is InChI=1S/C3H3F6O4PS/c4-1(12-3(7,8)9)2(5,6)15(10,11)13-14/h1H,14H2. The Kier molecular flexibility index (Phi) is 4.36. The third-order valence-electron chi connectivity index (χ3n) is 0.961. The smallest absolute Gasteiger partial charge is 0.250 e. The van der Waals surface area contributed by atoms with Crippen LogP contribution in [-0.2, 0) is 18.8 Å². The molecule has 0 bridgehead atoms. The molecule has 4 nitrogen and oxygen atoms in total. The summed E-state index contributed by atoms with van der Waals surface area (Å²) in [6.07, 6.45) is -10.2. The van der Waals surface area contributed by atoms with Crippen molar-refractivity contribution in [2.75, 3.05) is 0 Å². The van der Waals surface area contributed by atoms with Crippen molar-refractivity contribution in [1.82, 2.24) is 0 Å². The van der Waals surface area contributed by atoms with Crippen LogP contribution in [0.4, 0.5) is 26.3 Å². The third-order valence-corrected chi connectivity index (χ3v) is 2.83. The van der Waals surface area contributed by atoms with Crippen molar-refractivity contribution < 1.29 is 43.5 Å². The first-order valence-electron chi connectivity index (χ1n) is 2.83. The molecule has 0 spiro atoms. The van der Waals surface area contributed by atoms with Gasteiger partial charge in [-0.1, -0.05) is 0 Å². The van der Waals surface area contributed by atoms with Crippen LogP contribution in [0, 0.1) is 0 Å². The Labute approximate surface area is 81.9 Å². The Bertz CT molecular complexity index is 311. The van der Waals surface area contributed by atoms with E-state index in [1.54, 1.807) is 0 Å². The topological polar surface area (TPSA) is 52.6 Å². The lowest BCUT2D eigenvalue weighted by molar-refractivity contribution is -0.378. The van der Waals surface area contributed by atoms with Crippen LogP contribution in [0.3, 0.4) is 0 Å². The van der Waals surface area contributed by atoms with Crippen LogP contribution in [0.5, 0.6) is 0 Å². The minimum Gasteiger partial charge on any atom is -0.250 e. The summed E-state index contributed by atoms with van der Waals surface area (Å²) in [5.41, 5.74) is 0. The van der Waals surface area contributed by atoms with E-state index in [0.717, 1.165) is 9.47 Å². The maximum absolute atomic E-state index is 12.4. The van der Waals surface area contributed by atoms with E-state index in [-0.39, 0.29) is 0 Å². The molecule has 0 radical (unpaired) electrons. The number of rotatable bonds is 4. The van der Waals surface area contributed by atoms with Gasteiger partial charge < -0.3 is 0 Å². The first-order chi connectivity index (χ1) is 6.44. The van der Waals surface area contributed by atoms with E-state index in [4.69, 9.17) is 0 Å². The van der Waals surface area contributed by atoms with E-state index in [2.05, 4.69) is 8.71 Å². The Morgan fingerprint density at radius 1 is 1.13 bits per heavy atom. The molecule has 2 unspecified atom stereocenters. The zero-order valence-corrected chi connectivity index (χ0v) is 8.43. The summed E-state index contributed by atoms with van der Waals surface area (Å²) in [5.74, 6) is 0. The van der Waals surface area contributed by atoms with E-state index < -0.39 is 28.1 Å². The van der Waals surface area contributed by atoms with E-state index in [1.807, 2.05) is 0 Å². The summed E-state index contributed by atoms with van der Waals surface area (Å²) in [5, 5.41) is -5.47. The summed E-state index contributed by atoms with van der Waals surface area (Å²) < 4.78 is 96.7. The average Bonchev–Trinajstić information content (AvgIpc) is 2.00. The van der Waals surface area contributed by atoms with Crippen LogP contribution in [0.1, 0.15) is 0 Å². The zero-order valence-electron chi connectivity index (χ0n) is 6.46. The number of hydrogen-bond donors (Lipinski definition) is 0. The van der Waals surface area contributed by atoms with Gasteiger partial charge in [0.1, 0.15) is 0 Å². The van der Waals surface area contributed by atoms with Crippen LogP contribution in [-0.4, -0.2) is 26.4 Å². The summed E-state index contributed by atoms with van der Waals surface area (Å²) in [4.78, 5) is 0. The van der Waals surface area contributed by atoms with Crippen molar-refractivity contribution in [3.8, 4) is 0 Å². The van der Waals surface area contributed by atoms with E-state index in [9.17, 15) is 34.8 Å². The molecule has 15 heavy (non-hydrogen) atoms. The molecule has 92 valence electrons. The van der Waals surface area contributed by atoms with Gasteiger partial charge in [0.2, 0.25) is 0 Å². The highest BCUT2D eigenvalue weighted by Gasteiger charge is 2.58. The molecular weight excluding hydrogens is 277 g/mol. The van der Waals surface area contributed by atoms with E-state index >= 15 is 0 Å². The Morgan fingerprint density at radius 2 is 1.53 bits per heavy atom. The van der Waals surface area contributed by atoms with Crippen molar-refractivity contribution in [3.63, 3.8) is 0 Å². The molecule has 0 N–H and O–H groups in total. The molecule has 0 aliphatic heterocycles. The minimum absolute atomic E-state index is 0.837. The molecule has 0 aromatic carbocycles. The zero-order chi connectivity index (χ0) is 12.5. The van der Waals surface area contributed by atoms with Crippen LogP contribution in [0.2, 0.25) is 0 Å². The lowest BCUT2D eigenvalue weighted by Crippen LogP contribution is -2.42. The fourth-order valence-electron chi connectivity index (χ4n) is 0.364. The summed E-state index contributed by atoms with van der Waals surface area (Å²) in [6.45, 7) is 0. The Balaban J connectivity index is 4.90. The van der Waals surface area contributed by atoms with Gasteiger partial charge in [-0.15, -0.1) is 13.2 Å². The fraction of sp³-hybridized carbons (Fsp3) is 1.00. The molecule has 2 atom stereocenters. The molecule has 0 heterocycles. The number of halogens is 6. The van der Waals surface area contributed by atoms with Crippen LogP contribution in [0.15, 0.2) is 0 Å². The molecule has 0 saturated heterocycles. The summed E-state index contributed by atoms with van der Waals surface area (Å²) in [6, 6.07) is 0. The van der Waals surface area contributed by atoms with Gasteiger partial charge in [0.25, 0.3) is 6.36 Å². The van der Waals surface area contributed by atoms with Gasteiger partial charge in [0.05, 0.1) is 0 Å². The molecule has 0 aromatic rings. The van der Waals surface area contributed by atoms with Crippen molar-refractivity contribution >= 4 is 19.6 Å². The molecule has 0 fully saturated rings. The maximum atomic E-state index is 12.4. The third kappa shape index (κ3) is 3.74. The normalized spacial score (nSPS) is 16.5. The van der Waals surface area contributed by atoms with Gasteiger partial charge in [-0.25, -0.2) is 13.1 Å². The first kappa shape index (κ1) is 14.9. The van der Waals surface area contributed by atoms with Gasteiger partial charge in [0, 0.05) is 9.47 Å². The molecule has 0 aliphatic rings. The lowest BCUT2D eigenvalue weighted by Gasteiger charge is -2.19. The number of ether oxygens (including phenoxy) is 1. The number of alkyl halides is 6. The fourth-order valence-corrected chi connectivity index (χ4v) is 1.15. The second kappa shape index (κ2) is 4.40. The van der Waals surface area contributed by atoms with Crippen LogP contribution >= 0.6 is 9.47 Å². The van der Waals surface area contributed by atoms with Gasteiger partial charge >= 0.3 is 21.7 Å². The highest BCUT2D eigenvalue weighted by Crippen LogP contribution is 2.34. The van der Waals surface area contributed by atoms with Gasteiger partial charge in [-0.2, -0.15) is 17.2 Å². The largest absolute Gasteiger partial charge is 0.525 e. The highest BCUT2D eigenvalue weighted by molar-refractivity contribution is 7.89. The predicted octanol–water partition coefficient (Wildman–Crippen LogP) is 1.55.